The summed E-state index contributed by atoms with van der Waals surface area (Å²) in [7, 11) is 0. The highest BCUT2D eigenvalue weighted by Gasteiger charge is 2.51. The number of hydrogen-bond donors (Lipinski definition) is 2. The van der Waals surface area contributed by atoms with Crippen LogP contribution in [0.25, 0.3) is 21.5 Å². The molecule has 0 spiro atoms. The normalized spacial score (nSPS) is 29.3. The van der Waals surface area contributed by atoms with Crippen molar-refractivity contribution in [2.45, 2.75) is 89.4 Å². The zero-order valence-corrected chi connectivity index (χ0v) is 25.6. The van der Waals surface area contributed by atoms with Gasteiger partial charge in [0.2, 0.25) is 11.8 Å². The summed E-state index contributed by atoms with van der Waals surface area (Å²) in [5.74, 6) is 0.461. The highest BCUT2D eigenvalue weighted by Crippen LogP contribution is 2.57. The molecule has 43 heavy (non-hydrogen) atoms. The molecule has 5 atom stereocenters. The van der Waals surface area contributed by atoms with Gasteiger partial charge in [0, 0.05) is 46.7 Å². The lowest BCUT2D eigenvalue weighted by Crippen LogP contribution is -2.51. The van der Waals surface area contributed by atoms with Gasteiger partial charge in [0.1, 0.15) is 5.66 Å². The fourth-order valence-corrected chi connectivity index (χ4v) is 9.00. The minimum absolute atomic E-state index is 0.0296. The monoisotopic (exact) mass is 573 g/mol. The summed E-state index contributed by atoms with van der Waals surface area (Å²) in [6.07, 6.45) is 2.17. The molecule has 4 aromatic carbocycles. The summed E-state index contributed by atoms with van der Waals surface area (Å²) in [5.41, 5.74) is 5.77. The van der Waals surface area contributed by atoms with Crippen LogP contribution in [0.1, 0.15) is 81.9 Å². The van der Waals surface area contributed by atoms with E-state index in [2.05, 4.69) is 94.5 Å². The van der Waals surface area contributed by atoms with Gasteiger partial charge in [0.05, 0.1) is 17.5 Å². The number of nitrogens with zero attached hydrogens (tertiary/aromatic N) is 2. The number of aliphatic hydroxyl groups is 1. The Bertz CT molecular complexity index is 1870. The van der Waals surface area contributed by atoms with Crippen LogP contribution in [-0.2, 0) is 9.59 Å². The third-order valence-electron chi connectivity index (χ3n) is 11.2. The van der Waals surface area contributed by atoms with E-state index in [1.807, 2.05) is 15.9 Å². The van der Waals surface area contributed by atoms with Crippen LogP contribution in [0, 0.1) is 12.8 Å². The molecule has 4 aliphatic rings. The van der Waals surface area contributed by atoms with Crippen LogP contribution in [-0.4, -0.2) is 34.2 Å². The van der Waals surface area contributed by atoms with Gasteiger partial charge in [-0.05, 0) is 92.1 Å². The third-order valence-corrected chi connectivity index (χ3v) is 11.2. The lowest BCUT2D eigenvalue weighted by Gasteiger charge is -2.50. The predicted octanol–water partition coefficient (Wildman–Crippen LogP) is 7.35. The number of hydrogen-bond acceptors (Lipinski definition) is 4. The molecule has 2 saturated heterocycles. The van der Waals surface area contributed by atoms with Gasteiger partial charge in [-0.25, -0.2) is 0 Å². The number of amides is 2. The molecule has 220 valence electrons. The summed E-state index contributed by atoms with van der Waals surface area (Å²) in [5, 5.41) is 20.0. The lowest BCUT2D eigenvalue weighted by molar-refractivity contribution is -0.118. The topological polar surface area (TPSA) is 72.9 Å². The van der Waals surface area contributed by atoms with Crippen molar-refractivity contribution in [3.63, 3.8) is 0 Å². The van der Waals surface area contributed by atoms with Crippen molar-refractivity contribution in [2.75, 3.05) is 15.1 Å². The van der Waals surface area contributed by atoms with Gasteiger partial charge in [-0.2, -0.15) is 0 Å². The van der Waals surface area contributed by atoms with E-state index >= 15 is 0 Å². The molecule has 4 aromatic rings. The van der Waals surface area contributed by atoms with Gasteiger partial charge in [0.25, 0.3) is 0 Å². The Morgan fingerprint density at radius 1 is 0.767 bits per heavy atom. The van der Waals surface area contributed by atoms with Crippen LogP contribution in [0.2, 0.25) is 0 Å². The zero-order valence-electron chi connectivity index (χ0n) is 25.6. The van der Waals surface area contributed by atoms with Crippen LogP contribution >= 0.6 is 0 Å². The number of carbonyl (C=O) groups excluding carboxylic acids is 2. The summed E-state index contributed by atoms with van der Waals surface area (Å²) < 4.78 is 0. The molecule has 3 fully saturated rings. The fourth-order valence-electron chi connectivity index (χ4n) is 9.00. The Balaban J connectivity index is 1.21. The first-order chi connectivity index (χ1) is 20.5. The second-order valence-corrected chi connectivity index (χ2v) is 14.1. The SMILES string of the molecule is Cc1ccc(C2C(C)C(c3ccc4c5c(cccc35)N3C(=O)CCC3(C)N4)C2O)c2cccc(N3C(=O)CCC3(C)C)c12. The first-order valence-corrected chi connectivity index (χ1v) is 15.7. The summed E-state index contributed by atoms with van der Waals surface area (Å²) in [6.45, 7) is 10.8. The standard InChI is InChI=1S/C37H39N3O3/c1-20-12-13-24(22-8-6-10-27(31(20)22)39-29(41)16-18-36(39,3)4)32-21(2)33(35(32)43)25-14-15-26-34-23(25)9-7-11-28(34)40-30(42)17-19-37(40,5)38-26/h6-15,21,32-33,35,38,43H,16-19H2,1-5H3. The second kappa shape index (κ2) is 8.82. The van der Waals surface area contributed by atoms with Crippen LogP contribution in [0.15, 0.2) is 60.7 Å². The smallest absolute Gasteiger partial charge is 0.229 e. The van der Waals surface area contributed by atoms with Crippen molar-refractivity contribution in [1.29, 1.82) is 0 Å². The van der Waals surface area contributed by atoms with E-state index < -0.39 is 11.8 Å². The van der Waals surface area contributed by atoms with E-state index in [1.54, 1.807) is 0 Å². The van der Waals surface area contributed by atoms with E-state index in [0.29, 0.717) is 12.8 Å². The summed E-state index contributed by atoms with van der Waals surface area (Å²) in [4.78, 5) is 30.0. The Labute approximate surface area is 252 Å². The maximum absolute atomic E-state index is 13.1. The van der Waals surface area contributed by atoms with Crippen LogP contribution < -0.4 is 15.1 Å². The highest BCUT2D eigenvalue weighted by molar-refractivity contribution is 6.14. The molecule has 6 nitrogen and oxygen atoms in total. The molecular weight excluding hydrogens is 534 g/mol. The second-order valence-electron chi connectivity index (χ2n) is 14.1. The molecule has 3 heterocycles. The first kappa shape index (κ1) is 26.7. The van der Waals surface area contributed by atoms with E-state index in [4.69, 9.17) is 0 Å². The first-order valence-electron chi connectivity index (χ1n) is 15.7. The zero-order chi connectivity index (χ0) is 30.0. The minimum atomic E-state index is -0.554. The third kappa shape index (κ3) is 3.50. The van der Waals surface area contributed by atoms with Crippen LogP contribution in [0.4, 0.5) is 17.1 Å². The molecule has 1 aliphatic carbocycles. The summed E-state index contributed by atoms with van der Waals surface area (Å²) in [6, 6.07) is 21.2. The fraction of sp³-hybridized carbons (Fsp3) is 0.405. The van der Waals surface area contributed by atoms with Gasteiger partial charge in [-0.3, -0.25) is 14.5 Å². The van der Waals surface area contributed by atoms with Crippen LogP contribution in [0.5, 0.6) is 0 Å². The van der Waals surface area contributed by atoms with Gasteiger partial charge in [0.15, 0.2) is 0 Å². The van der Waals surface area contributed by atoms with Gasteiger partial charge < -0.3 is 15.3 Å². The van der Waals surface area contributed by atoms with Gasteiger partial charge in [-0.15, -0.1) is 0 Å². The van der Waals surface area contributed by atoms with Gasteiger partial charge in [-0.1, -0.05) is 49.4 Å². The lowest BCUT2D eigenvalue weighted by atomic mass is 9.57. The molecule has 0 aromatic heterocycles. The van der Waals surface area contributed by atoms with E-state index in [1.165, 1.54) is 0 Å². The largest absolute Gasteiger partial charge is 0.392 e. The minimum Gasteiger partial charge on any atom is -0.392 e. The molecule has 5 unspecified atom stereocenters. The maximum atomic E-state index is 13.1. The van der Waals surface area contributed by atoms with Crippen molar-refractivity contribution in [3.05, 3.63) is 77.4 Å². The number of fused-ring (bicyclic) bond motifs is 3. The number of anilines is 3. The average molecular weight is 574 g/mol. The molecule has 6 heteroatoms. The van der Waals surface area contributed by atoms with Crippen molar-refractivity contribution in [1.82, 2.24) is 0 Å². The highest BCUT2D eigenvalue weighted by atomic mass is 16.3. The molecule has 0 radical (unpaired) electrons. The number of benzene rings is 4. The average Bonchev–Trinajstić information content (AvgIpc) is 3.44. The molecular formula is C37H39N3O3. The molecule has 3 aliphatic heterocycles. The Kier molecular flexibility index (Phi) is 5.48. The van der Waals surface area contributed by atoms with Crippen molar-refractivity contribution >= 4 is 50.4 Å². The van der Waals surface area contributed by atoms with E-state index in [9.17, 15) is 14.7 Å². The molecule has 1 saturated carbocycles. The predicted molar refractivity (Wildman–Crippen MR) is 173 cm³/mol. The molecule has 2 N–H and O–H groups in total. The quantitative estimate of drug-likeness (QED) is 0.269. The molecule has 2 amide bonds. The van der Waals surface area contributed by atoms with Gasteiger partial charge >= 0.3 is 0 Å². The maximum Gasteiger partial charge on any atom is 0.229 e. The number of carbonyl (C=O) groups is 2. The van der Waals surface area contributed by atoms with E-state index in [-0.39, 0.29) is 35.1 Å². The number of aliphatic hydroxyl groups excluding tert-OH is 1. The van der Waals surface area contributed by atoms with Crippen molar-refractivity contribution < 1.29 is 14.7 Å². The van der Waals surface area contributed by atoms with E-state index in [0.717, 1.165) is 68.1 Å². The Hall–Kier alpha value is -3.90. The molecule has 0 bridgehead atoms. The molecule has 8 rings (SSSR count). The van der Waals surface area contributed by atoms with Crippen molar-refractivity contribution in [3.8, 4) is 0 Å². The number of nitrogens with one attached hydrogen (secondary N) is 1. The van der Waals surface area contributed by atoms with Crippen molar-refractivity contribution in [2.24, 2.45) is 5.92 Å². The van der Waals surface area contributed by atoms with Crippen LogP contribution in [0.3, 0.4) is 0 Å². The Morgan fingerprint density at radius 2 is 1.35 bits per heavy atom. The Morgan fingerprint density at radius 3 is 1.98 bits per heavy atom. The number of aryl methyl sites for hydroxylation is 1. The number of rotatable bonds is 3. The summed E-state index contributed by atoms with van der Waals surface area (Å²) >= 11 is 0.